The number of aliphatic hydroxyl groups excluding tert-OH is 1. The fourth-order valence-electron chi connectivity index (χ4n) is 2.26. The number of rotatable bonds is 1. The Hall–Kier alpha value is -0.300. The van der Waals surface area contributed by atoms with Gasteiger partial charge in [-0.05, 0) is 37.0 Å². The van der Waals surface area contributed by atoms with E-state index in [1.165, 1.54) is 19.3 Å². The summed E-state index contributed by atoms with van der Waals surface area (Å²) in [6.07, 6.45) is 8.54. The number of fused-ring (bicyclic) bond motifs is 2. The summed E-state index contributed by atoms with van der Waals surface area (Å²) in [4.78, 5) is 0. The molecule has 1 N–H and O–H groups in total. The van der Waals surface area contributed by atoms with Gasteiger partial charge in [-0.1, -0.05) is 12.2 Å². The first-order valence-corrected chi connectivity index (χ1v) is 4.19. The van der Waals surface area contributed by atoms with Gasteiger partial charge in [-0.15, -0.1) is 0 Å². The van der Waals surface area contributed by atoms with Crippen LogP contribution in [0.5, 0.6) is 0 Å². The first kappa shape index (κ1) is 6.41. The maximum atomic E-state index is 8.98. The minimum Gasteiger partial charge on any atom is -0.396 e. The van der Waals surface area contributed by atoms with E-state index in [1.54, 1.807) is 0 Å². The third kappa shape index (κ3) is 0.891. The van der Waals surface area contributed by atoms with Crippen molar-refractivity contribution in [3.8, 4) is 0 Å². The molecule has 3 aliphatic rings. The lowest BCUT2D eigenvalue weighted by atomic mass is 9.69. The summed E-state index contributed by atoms with van der Waals surface area (Å²) in [5.74, 6) is 2.08. The first-order chi connectivity index (χ1) is 4.90. The zero-order valence-electron chi connectivity index (χ0n) is 6.16. The molecule has 0 aromatic heterocycles. The Morgan fingerprint density at radius 3 is 2.50 bits per heavy atom. The van der Waals surface area contributed by atoms with Crippen LogP contribution in [0.4, 0.5) is 0 Å². The fourth-order valence-corrected chi connectivity index (χ4v) is 2.26. The van der Waals surface area contributed by atoms with Crippen molar-refractivity contribution in [1.82, 2.24) is 0 Å². The summed E-state index contributed by atoms with van der Waals surface area (Å²) in [6.45, 7) is 0.394. The van der Waals surface area contributed by atoms with Gasteiger partial charge in [0.25, 0.3) is 0 Å². The summed E-state index contributed by atoms with van der Waals surface area (Å²) in [5, 5.41) is 8.98. The lowest BCUT2D eigenvalue weighted by Gasteiger charge is -2.36. The van der Waals surface area contributed by atoms with Gasteiger partial charge in [0.2, 0.25) is 0 Å². The SMILES string of the molecule is OCC1C[C@H]2C=C[C@@H]1CC2. The molecular weight excluding hydrogens is 124 g/mol. The van der Waals surface area contributed by atoms with Crippen LogP contribution in [0.3, 0.4) is 0 Å². The van der Waals surface area contributed by atoms with Crippen LogP contribution in [0.2, 0.25) is 0 Å². The average molecular weight is 138 g/mol. The summed E-state index contributed by atoms with van der Waals surface area (Å²) in [7, 11) is 0. The summed E-state index contributed by atoms with van der Waals surface area (Å²) >= 11 is 0. The Kier molecular flexibility index (Phi) is 1.53. The molecule has 0 aromatic rings. The molecule has 0 heterocycles. The van der Waals surface area contributed by atoms with Gasteiger partial charge < -0.3 is 5.11 Å². The second kappa shape index (κ2) is 2.39. The highest BCUT2D eigenvalue weighted by Crippen LogP contribution is 2.39. The molecule has 0 radical (unpaired) electrons. The lowest BCUT2D eigenvalue weighted by molar-refractivity contribution is 0.129. The van der Waals surface area contributed by atoms with Gasteiger partial charge >= 0.3 is 0 Å². The Morgan fingerprint density at radius 1 is 1.30 bits per heavy atom. The molecule has 1 saturated carbocycles. The van der Waals surface area contributed by atoms with Gasteiger partial charge in [-0.3, -0.25) is 0 Å². The Balaban J connectivity index is 2.11. The minimum absolute atomic E-state index is 0.394. The average Bonchev–Trinajstić information content (AvgIpc) is 2.06. The van der Waals surface area contributed by atoms with Crippen molar-refractivity contribution in [2.45, 2.75) is 19.3 Å². The van der Waals surface area contributed by atoms with E-state index in [2.05, 4.69) is 12.2 Å². The van der Waals surface area contributed by atoms with E-state index in [4.69, 9.17) is 5.11 Å². The molecule has 0 spiro atoms. The summed E-state index contributed by atoms with van der Waals surface area (Å²) in [6, 6.07) is 0. The van der Waals surface area contributed by atoms with Crippen molar-refractivity contribution in [1.29, 1.82) is 0 Å². The smallest absolute Gasteiger partial charge is 0.0465 e. The van der Waals surface area contributed by atoms with E-state index < -0.39 is 0 Å². The summed E-state index contributed by atoms with van der Waals surface area (Å²) in [5.41, 5.74) is 0. The molecular formula is C9H14O. The molecule has 0 saturated heterocycles. The molecule has 56 valence electrons. The maximum Gasteiger partial charge on any atom is 0.0465 e. The molecule has 1 nitrogen and oxygen atoms in total. The molecule has 1 unspecified atom stereocenters. The molecule has 2 bridgehead atoms. The van der Waals surface area contributed by atoms with Crippen LogP contribution in [-0.4, -0.2) is 11.7 Å². The zero-order valence-corrected chi connectivity index (χ0v) is 6.16. The van der Waals surface area contributed by atoms with Gasteiger partial charge in [0.05, 0.1) is 0 Å². The molecule has 3 aliphatic carbocycles. The van der Waals surface area contributed by atoms with Crippen molar-refractivity contribution in [3.63, 3.8) is 0 Å². The van der Waals surface area contributed by atoms with Crippen LogP contribution in [0.15, 0.2) is 12.2 Å². The molecule has 0 aromatic carbocycles. The Labute approximate surface area is 61.8 Å². The normalized spacial score (nSPS) is 44.3. The third-order valence-electron chi connectivity index (χ3n) is 2.95. The topological polar surface area (TPSA) is 20.2 Å². The van der Waals surface area contributed by atoms with Crippen molar-refractivity contribution < 1.29 is 5.11 Å². The second-order valence-corrected chi connectivity index (χ2v) is 3.56. The van der Waals surface area contributed by atoms with E-state index in [0.717, 1.165) is 5.92 Å². The van der Waals surface area contributed by atoms with E-state index in [9.17, 15) is 0 Å². The Bertz CT molecular complexity index is 151. The highest BCUT2D eigenvalue weighted by atomic mass is 16.3. The van der Waals surface area contributed by atoms with Crippen molar-refractivity contribution >= 4 is 0 Å². The van der Waals surface area contributed by atoms with Gasteiger partial charge in [0, 0.05) is 6.61 Å². The molecule has 3 rings (SSSR count). The molecule has 3 atom stereocenters. The number of aliphatic hydroxyl groups is 1. The van der Waals surface area contributed by atoms with Crippen molar-refractivity contribution in [3.05, 3.63) is 12.2 Å². The van der Waals surface area contributed by atoms with E-state index in [1.807, 2.05) is 0 Å². The van der Waals surface area contributed by atoms with Gasteiger partial charge in [-0.2, -0.15) is 0 Å². The van der Waals surface area contributed by atoms with Crippen LogP contribution < -0.4 is 0 Å². The molecule has 10 heavy (non-hydrogen) atoms. The van der Waals surface area contributed by atoms with Crippen LogP contribution in [0.1, 0.15) is 19.3 Å². The second-order valence-electron chi connectivity index (χ2n) is 3.56. The van der Waals surface area contributed by atoms with Crippen LogP contribution in [-0.2, 0) is 0 Å². The lowest BCUT2D eigenvalue weighted by Crippen LogP contribution is -2.29. The maximum absolute atomic E-state index is 8.98. The van der Waals surface area contributed by atoms with Crippen molar-refractivity contribution in [2.75, 3.05) is 6.61 Å². The predicted octanol–water partition coefficient (Wildman–Crippen LogP) is 1.58. The molecule has 1 fully saturated rings. The van der Waals surface area contributed by atoms with Crippen LogP contribution >= 0.6 is 0 Å². The predicted molar refractivity (Wildman–Crippen MR) is 40.5 cm³/mol. The Morgan fingerprint density at radius 2 is 2.20 bits per heavy atom. The highest BCUT2D eigenvalue weighted by Gasteiger charge is 2.30. The van der Waals surface area contributed by atoms with E-state index >= 15 is 0 Å². The van der Waals surface area contributed by atoms with E-state index in [0.29, 0.717) is 18.4 Å². The van der Waals surface area contributed by atoms with Gasteiger partial charge in [0.15, 0.2) is 0 Å². The van der Waals surface area contributed by atoms with Crippen molar-refractivity contribution in [2.24, 2.45) is 17.8 Å². The van der Waals surface area contributed by atoms with Crippen LogP contribution in [0, 0.1) is 17.8 Å². The summed E-state index contributed by atoms with van der Waals surface area (Å²) < 4.78 is 0. The molecule has 0 amide bonds. The molecule has 0 aliphatic heterocycles. The number of hydrogen-bond acceptors (Lipinski definition) is 1. The van der Waals surface area contributed by atoms with Gasteiger partial charge in [-0.25, -0.2) is 0 Å². The van der Waals surface area contributed by atoms with E-state index in [-0.39, 0.29) is 0 Å². The quantitative estimate of drug-likeness (QED) is 0.545. The first-order valence-electron chi connectivity index (χ1n) is 4.19. The largest absolute Gasteiger partial charge is 0.396 e. The zero-order chi connectivity index (χ0) is 6.97. The number of hydrogen-bond donors (Lipinski definition) is 1. The monoisotopic (exact) mass is 138 g/mol. The number of allylic oxidation sites excluding steroid dienone is 2. The minimum atomic E-state index is 0.394. The van der Waals surface area contributed by atoms with Gasteiger partial charge in [0.1, 0.15) is 0 Å². The molecule has 1 heteroatoms. The fraction of sp³-hybridized carbons (Fsp3) is 0.778. The third-order valence-corrected chi connectivity index (χ3v) is 2.95. The standard InChI is InChI=1S/C9H14O/c10-6-9-5-7-1-3-8(9)4-2-7/h1,3,7-10H,2,4-6H2/t7-,8+,9?/m0/s1. The van der Waals surface area contributed by atoms with Crippen LogP contribution in [0.25, 0.3) is 0 Å². The highest BCUT2D eigenvalue weighted by molar-refractivity contribution is 5.05.